The van der Waals surface area contributed by atoms with Gasteiger partial charge in [0.2, 0.25) is 0 Å². The third-order valence-electron chi connectivity index (χ3n) is 6.66. The maximum Gasteiger partial charge on any atom is 0.263 e. The number of fused-ring (bicyclic) bond motifs is 1. The lowest BCUT2D eigenvalue weighted by Gasteiger charge is -2.34. The first-order valence-corrected chi connectivity index (χ1v) is 12.7. The molecule has 1 aliphatic heterocycles. The Labute approximate surface area is 224 Å². The fourth-order valence-corrected chi connectivity index (χ4v) is 4.98. The van der Waals surface area contributed by atoms with Gasteiger partial charge in [0.25, 0.3) is 5.56 Å². The Morgan fingerprint density at radius 2 is 1.70 bits per heavy atom. The maximum absolute atomic E-state index is 13.5. The number of aromatic nitrogens is 2. The molecule has 3 N–H and O–H groups in total. The normalized spacial score (nSPS) is 15.2. The van der Waals surface area contributed by atoms with Gasteiger partial charge in [-0.15, -0.1) is 0 Å². The van der Waals surface area contributed by atoms with Gasteiger partial charge in [-0.05, 0) is 49.0 Å². The quantitative estimate of drug-likeness (QED) is 0.314. The zero-order chi connectivity index (χ0) is 26.1. The highest BCUT2D eigenvalue weighted by Gasteiger charge is 2.17. The van der Waals surface area contributed by atoms with Crippen molar-refractivity contribution < 1.29 is 10.2 Å². The molecule has 0 radical (unpaired) electrons. The van der Waals surface area contributed by atoms with Crippen molar-refractivity contribution in [1.29, 1.82) is 0 Å². The average molecular weight is 540 g/mol. The van der Waals surface area contributed by atoms with Crippen LogP contribution in [0, 0.1) is 0 Å². The first-order chi connectivity index (χ1) is 17.8. The number of piperazine rings is 1. The van der Waals surface area contributed by atoms with Crippen LogP contribution in [-0.2, 0) is 6.54 Å². The van der Waals surface area contributed by atoms with Crippen molar-refractivity contribution in [2.24, 2.45) is 0 Å². The monoisotopic (exact) mass is 539 g/mol. The number of anilines is 2. The van der Waals surface area contributed by atoms with E-state index in [2.05, 4.69) is 39.3 Å². The molecule has 192 valence electrons. The second-order valence-electron chi connectivity index (χ2n) is 9.21. The first kappa shape index (κ1) is 25.4. The van der Waals surface area contributed by atoms with E-state index in [-0.39, 0.29) is 21.4 Å². The second-order valence-corrected chi connectivity index (χ2v) is 10.0. The van der Waals surface area contributed by atoms with Crippen molar-refractivity contribution in [2.75, 3.05) is 43.4 Å². The molecule has 1 aromatic heterocycles. The number of aliphatic hydroxyl groups is 1. The summed E-state index contributed by atoms with van der Waals surface area (Å²) in [6.45, 7) is 4.43. The van der Waals surface area contributed by atoms with Gasteiger partial charge in [-0.1, -0.05) is 41.4 Å². The van der Waals surface area contributed by atoms with E-state index in [1.807, 2.05) is 12.1 Å². The molecular formula is C27H27Cl2N5O3. The van der Waals surface area contributed by atoms with Crippen molar-refractivity contribution in [3.8, 4) is 5.75 Å². The van der Waals surface area contributed by atoms with Gasteiger partial charge in [0.05, 0.1) is 39.5 Å². The van der Waals surface area contributed by atoms with Gasteiger partial charge in [-0.25, -0.2) is 4.98 Å². The van der Waals surface area contributed by atoms with Crippen molar-refractivity contribution in [3.05, 3.63) is 92.5 Å². The van der Waals surface area contributed by atoms with E-state index in [1.165, 1.54) is 17.8 Å². The molecule has 2 heterocycles. The minimum Gasteiger partial charge on any atom is -0.505 e. The third kappa shape index (κ3) is 5.38. The molecule has 0 bridgehead atoms. The molecule has 4 aromatic rings. The lowest BCUT2D eigenvalue weighted by atomic mass is 10.1. The van der Waals surface area contributed by atoms with Gasteiger partial charge in [0.1, 0.15) is 0 Å². The van der Waals surface area contributed by atoms with E-state index in [0.29, 0.717) is 28.7 Å². The highest BCUT2D eigenvalue weighted by molar-refractivity contribution is 6.37. The molecule has 0 aliphatic carbocycles. The van der Waals surface area contributed by atoms with E-state index < -0.39 is 6.23 Å². The highest BCUT2D eigenvalue weighted by atomic mass is 35.5. The van der Waals surface area contributed by atoms with Gasteiger partial charge < -0.3 is 25.3 Å². The van der Waals surface area contributed by atoms with E-state index >= 15 is 0 Å². The summed E-state index contributed by atoms with van der Waals surface area (Å²) >= 11 is 12.0. The molecule has 3 aromatic carbocycles. The Balaban J connectivity index is 1.39. The predicted molar refractivity (Wildman–Crippen MR) is 148 cm³/mol. The zero-order valence-corrected chi connectivity index (χ0v) is 21.7. The molecule has 1 fully saturated rings. The van der Waals surface area contributed by atoms with Crippen LogP contribution in [0.15, 0.2) is 65.7 Å². The summed E-state index contributed by atoms with van der Waals surface area (Å²) in [4.78, 5) is 22.6. The molecular weight excluding hydrogens is 513 g/mol. The van der Waals surface area contributed by atoms with Crippen LogP contribution in [0.25, 0.3) is 10.9 Å². The minimum atomic E-state index is -1.23. The largest absolute Gasteiger partial charge is 0.505 e. The van der Waals surface area contributed by atoms with E-state index in [4.69, 9.17) is 23.2 Å². The van der Waals surface area contributed by atoms with Crippen LogP contribution in [0.4, 0.5) is 11.4 Å². The third-order valence-corrected chi connectivity index (χ3v) is 7.23. The summed E-state index contributed by atoms with van der Waals surface area (Å²) in [5.74, 6) is -0.256. The Kier molecular flexibility index (Phi) is 7.26. The number of hydrogen-bond acceptors (Lipinski definition) is 7. The van der Waals surface area contributed by atoms with Gasteiger partial charge in [0, 0.05) is 37.4 Å². The standard InChI is InChI=1S/C27H27Cl2N5O3/c1-32-9-11-33(12-10-32)19-7-5-17(6-8-19)15-34-16-30-22-3-2-4-23(24(22)27(34)37)31-26(36)18-13-20(28)25(35)21(29)14-18/h2-8,13-14,16,26,31,35-36H,9-12,15H2,1H3. The Hall–Kier alpha value is -3.30. The first-order valence-electron chi connectivity index (χ1n) is 11.9. The zero-order valence-electron chi connectivity index (χ0n) is 20.2. The molecule has 0 spiro atoms. The number of aromatic hydroxyl groups is 1. The van der Waals surface area contributed by atoms with Gasteiger partial charge >= 0.3 is 0 Å². The number of phenols is 1. The second kappa shape index (κ2) is 10.6. The van der Waals surface area contributed by atoms with Gasteiger partial charge in [0.15, 0.2) is 12.0 Å². The molecule has 1 saturated heterocycles. The van der Waals surface area contributed by atoms with Crippen molar-refractivity contribution in [3.63, 3.8) is 0 Å². The number of aliphatic hydroxyl groups excluding tert-OH is 1. The van der Waals surface area contributed by atoms with Crippen LogP contribution in [-0.4, -0.2) is 57.9 Å². The summed E-state index contributed by atoms with van der Waals surface area (Å²) in [5.41, 5.74) is 3.20. The summed E-state index contributed by atoms with van der Waals surface area (Å²) in [6.07, 6.45) is 0.315. The minimum absolute atomic E-state index is 0.0175. The fourth-order valence-electron chi connectivity index (χ4n) is 4.48. The molecule has 0 amide bonds. The van der Waals surface area contributed by atoms with E-state index in [0.717, 1.165) is 31.7 Å². The topological polar surface area (TPSA) is 93.9 Å². The van der Waals surface area contributed by atoms with Crippen molar-refractivity contribution in [2.45, 2.75) is 12.8 Å². The Morgan fingerprint density at radius 1 is 1.03 bits per heavy atom. The number of hydrogen-bond donors (Lipinski definition) is 3. The number of likely N-dealkylation sites (N-methyl/N-ethyl adjacent to an activating group) is 1. The van der Waals surface area contributed by atoms with E-state index in [9.17, 15) is 15.0 Å². The Morgan fingerprint density at radius 3 is 2.38 bits per heavy atom. The summed E-state index contributed by atoms with van der Waals surface area (Å²) in [6, 6.07) is 16.3. The number of rotatable bonds is 6. The van der Waals surface area contributed by atoms with Crippen LogP contribution in [0.2, 0.25) is 10.0 Å². The molecule has 10 heteroatoms. The maximum atomic E-state index is 13.5. The molecule has 1 aliphatic rings. The average Bonchev–Trinajstić information content (AvgIpc) is 2.89. The van der Waals surface area contributed by atoms with Crippen LogP contribution in [0.5, 0.6) is 5.75 Å². The number of nitrogens with zero attached hydrogens (tertiary/aromatic N) is 4. The molecule has 0 saturated carbocycles. The van der Waals surface area contributed by atoms with Crippen molar-refractivity contribution >= 4 is 45.5 Å². The fraction of sp³-hybridized carbons (Fsp3) is 0.259. The highest BCUT2D eigenvalue weighted by Crippen LogP contribution is 2.35. The number of phenolic OH excluding ortho intramolecular Hbond substituents is 1. The van der Waals surface area contributed by atoms with Crippen LogP contribution < -0.4 is 15.8 Å². The van der Waals surface area contributed by atoms with Crippen LogP contribution >= 0.6 is 23.2 Å². The number of nitrogens with one attached hydrogen (secondary N) is 1. The van der Waals surface area contributed by atoms with E-state index in [1.54, 1.807) is 29.1 Å². The lowest BCUT2D eigenvalue weighted by molar-refractivity contribution is 0.208. The Bertz CT molecular complexity index is 1460. The molecule has 1 unspecified atom stereocenters. The van der Waals surface area contributed by atoms with Crippen LogP contribution in [0.3, 0.4) is 0 Å². The molecule has 5 rings (SSSR count). The van der Waals surface area contributed by atoms with Gasteiger partial charge in [-0.3, -0.25) is 9.36 Å². The number of benzene rings is 3. The lowest BCUT2D eigenvalue weighted by Crippen LogP contribution is -2.44. The van der Waals surface area contributed by atoms with Gasteiger partial charge in [-0.2, -0.15) is 0 Å². The predicted octanol–water partition coefficient (Wildman–Crippen LogP) is 4.31. The molecule has 37 heavy (non-hydrogen) atoms. The summed E-state index contributed by atoms with van der Waals surface area (Å²) < 4.78 is 1.55. The summed E-state index contributed by atoms with van der Waals surface area (Å²) in [5, 5.41) is 23.9. The molecule has 8 nitrogen and oxygen atoms in total. The number of halogens is 2. The molecule has 1 atom stereocenters. The summed E-state index contributed by atoms with van der Waals surface area (Å²) in [7, 11) is 2.13. The van der Waals surface area contributed by atoms with Crippen molar-refractivity contribution in [1.82, 2.24) is 14.5 Å². The smallest absolute Gasteiger partial charge is 0.263 e. The SMILES string of the molecule is CN1CCN(c2ccc(Cn3cnc4cccc(NC(O)c5cc(Cl)c(O)c(Cl)c5)c4c3=O)cc2)CC1. The van der Waals surface area contributed by atoms with Crippen LogP contribution in [0.1, 0.15) is 17.4 Å².